The molecule has 0 radical (unpaired) electrons. The molecule has 1 fully saturated rings. The summed E-state index contributed by atoms with van der Waals surface area (Å²) < 4.78 is 13.6. The average molecular weight is 246 g/mol. The second-order valence-electron chi connectivity index (χ2n) is 3.89. The van der Waals surface area contributed by atoms with Gasteiger partial charge in [0, 0.05) is 10.6 Å². The highest BCUT2D eigenvalue weighted by Crippen LogP contribution is 2.33. The van der Waals surface area contributed by atoms with Gasteiger partial charge in [0.25, 0.3) is 0 Å². The number of thioether (sulfide) groups is 1. The molecule has 1 heterocycles. The molecule has 1 aromatic carbocycles. The predicted octanol–water partition coefficient (Wildman–Crippen LogP) is 3.45. The van der Waals surface area contributed by atoms with E-state index in [-0.39, 0.29) is 11.2 Å². The fourth-order valence-corrected chi connectivity index (χ4v) is 2.98. The Kier molecular flexibility index (Phi) is 3.54. The molecule has 82 valence electrons. The fraction of sp³-hybridized carbons (Fsp3) is 0.455. The monoisotopic (exact) mass is 245 g/mol. The predicted molar refractivity (Wildman–Crippen MR) is 63.8 cm³/mol. The summed E-state index contributed by atoms with van der Waals surface area (Å²) in [5.41, 5.74) is 0.705. The maximum atomic E-state index is 13.6. The smallest absolute Gasteiger partial charge is 0.130 e. The summed E-state index contributed by atoms with van der Waals surface area (Å²) in [5, 5.41) is 3.84. The highest BCUT2D eigenvalue weighted by Gasteiger charge is 2.21. The summed E-state index contributed by atoms with van der Waals surface area (Å²) in [7, 11) is 0. The number of nitrogens with one attached hydrogen (secondary N) is 1. The number of hydrogen-bond donors (Lipinski definition) is 1. The first kappa shape index (κ1) is 11.2. The Balaban J connectivity index is 2.15. The molecule has 0 aliphatic carbocycles. The number of benzene rings is 1. The lowest BCUT2D eigenvalue weighted by Crippen LogP contribution is -2.31. The van der Waals surface area contributed by atoms with E-state index < -0.39 is 0 Å². The molecule has 0 spiro atoms. The van der Waals surface area contributed by atoms with E-state index in [9.17, 15) is 4.39 Å². The van der Waals surface area contributed by atoms with Gasteiger partial charge in [0.05, 0.1) is 5.37 Å². The van der Waals surface area contributed by atoms with E-state index in [4.69, 9.17) is 11.6 Å². The van der Waals surface area contributed by atoms with Crippen molar-refractivity contribution in [3.63, 3.8) is 0 Å². The van der Waals surface area contributed by atoms with E-state index in [1.165, 1.54) is 6.07 Å². The second kappa shape index (κ2) is 4.73. The van der Waals surface area contributed by atoms with Gasteiger partial charge in [-0.2, -0.15) is 0 Å². The van der Waals surface area contributed by atoms with Gasteiger partial charge in [-0.15, -0.1) is 11.8 Å². The second-order valence-corrected chi connectivity index (χ2v) is 5.47. The zero-order valence-electron chi connectivity index (χ0n) is 8.47. The molecule has 2 rings (SSSR count). The molecule has 1 saturated heterocycles. The Labute approximate surface area is 98.4 Å². The highest BCUT2D eigenvalue weighted by atomic mass is 35.5. The van der Waals surface area contributed by atoms with E-state index in [0.29, 0.717) is 16.5 Å². The molecule has 1 N–H and O–H groups in total. The summed E-state index contributed by atoms with van der Waals surface area (Å²) >= 11 is 7.46. The Morgan fingerprint density at radius 1 is 1.53 bits per heavy atom. The van der Waals surface area contributed by atoms with Crippen LogP contribution in [0.4, 0.5) is 4.39 Å². The minimum absolute atomic E-state index is 0.0680. The van der Waals surface area contributed by atoms with Crippen LogP contribution in [-0.4, -0.2) is 12.3 Å². The summed E-state index contributed by atoms with van der Waals surface area (Å²) in [6.45, 7) is 3.13. The van der Waals surface area contributed by atoms with Gasteiger partial charge >= 0.3 is 0 Å². The van der Waals surface area contributed by atoms with Gasteiger partial charge in [-0.3, -0.25) is 0 Å². The van der Waals surface area contributed by atoms with Crippen LogP contribution >= 0.6 is 23.4 Å². The highest BCUT2D eigenvalue weighted by molar-refractivity contribution is 7.99. The molecule has 2 atom stereocenters. The van der Waals surface area contributed by atoms with Crippen molar-refractivity contribution in [2.75, 3.05) is 12.3 Å². The Morgan fingerprint density at radius 2 is 2.33 bits per heavy atom. The zero-order valence-corrected chi connectivity index (χ0v) is 10.0. The molecule has 0 aromatic heterocycles. The third-order valence-corrected chi connectivity index (χ3v) is 4.19. The van der Waals surface area contributed by atoms with Crippen molar-refractivity contribution in [1.29, 1.82) is 0 Å². The van der Waals surface area contributed by atoms with Crippen LogP contribution in [0.1, 0.15) is 17.9 Å². The number of rotatable bonds is 1. The van der Waals surface area contributed by atoms with Crippen molar-refractivity contribution in [1.82, 2.24) is 5.32 Å². The van der Waals surface area contributed by atoms with Crippen LogP contribution in [0.3, 0.4) is 0 Å². The van der Waals surface area contributed by atoms with Gasteiger partial charge in [0.2, 0.25) is 0 Å². The number of halogens is 2. The molecular weight excluding hydrogens is 233 g/mol. The van der Waals surface area contributed by atoms with E-state index >= 15 is 0 Å². The van der Waals surface area contributed by atoms with Gasteiger partial charge in [0.1, 0.15) is 5.82 Å². The average Bonchev–Trinajstić information content (AvgIpc) is 2.20. The first-order valence-corrected chi connectivity index (χ1v) is 6.39. The first-order chi connectivity index (χ1) is 7.16. The molecule has 2 unspecified atom stereocenters. The molecule has 0 amide bonds. The molecule has 15 heavy (non-hydrogen) atoms. The largest absolute Gasteiger partial charge is 0.301 e. The van der Waals surface area contributed by atoms with Crippen molar-refractivity contribution in [3.8, 4) is 0 Å². The standard InChI is InChI=1S/C11H13ClFNS/c1-7-5-14-11(15-6-7)9-3-2-8(12)4-10(9)13/h2-4,7,11,14H,5-6H2,1H3. The van der Waals surface area contributed by atoms with Gasteiger partial charge in [-0.25, -0.2) is 4.39 Å². The quantitative estimate of drug-likeness (QED) is 0.813. The summed E-state index contributed by atoms with van der Waals surface area (Å²) in [5.74, 6) is 1.50. The minimum atomic E-state index is -0.220. The van der Waals surface area contributed by atoms with Gasteiger partial charge in [-0.1, -0.05) is 24.6 Å². The molecule has 1 nitrogen and oxygen atoms in total. The Bertz CT molecular complexity index is 350. The Morgan fingerprint density at radius 3 is 2.93 bits per heavy atom. The maximum Gasteiger partial charge on any atom is 0.130 e. The van der Waals surface area contributed by atoms with Crippen LogP contribution in [0.15, 0.2) is 18.2 Å². The summed E-state index contributed by atoms with van der Waals surface area (Å²) in [6.07, 6.45) is 0. The Hall–Kier alpha value is -0.250. The van der Waals surface area contributed by atoms with Crippen molar-refractivity contribution >= 4 is 23.4 Å². The van der Waals surface area contributed by atoms with Crippen molar-refractivity contribution in [3.05, 3.63) is 34.6 Å². The van der Waals surface area contributed by atoms with Crippen LogP contribution in [0.25, 0.3) is 0 Å². The molecule has 0 saturated carbocycles. The lowest BCUT2D eigenvalue weighted by Gasteiger charge is -2.27. The van der Waals surface area contributed by atoms with Crippen molar-refractivity contribution in [2.24, 2.45) is 5.92 Å². The van der Waals surface area contributed by atoms with E-state index in [1.807, 2.05) is 0 Å². The molecular formula is C11H13ClFNS. The summed E-state index contributed by atoms with van der Waals surface area (Å²) in [6, 6.07) is 4.87. The normalized spacial score (nSPS) is 26.6. The topological polar surface area (TPSA) is 12.0 Å². The van der Waals surface area contributed by atoms with Gasteiger partial charge in [-0.05, 0) is 30.3 Å². The van der Waals surface area contributed by atoms with Crippen LogP contribution < -0.4 is 5.32 Å². The minimum Gasteiger partial charge on any atom is -0.301 e. The van der Waals surface area contributed by atoms with E-state index in [0.717, 1.165) is 12.3 Å². The third-order valence-electron chi connectivity index (χ3n) is 2.44. The lowest BCUT2D eigenvalue weighted by molar-refractivity contribution is 0.513. The first-order valence-electron chi connectivity index (χ1n) is 4.97. The van der Waals surface area contributed by atoms with Crippen LogP contribution in [0.5, 0.6) is 0 Å². The maximum absolute atomic E-state index is 13.6. The molecule has 1 aromatic rings. The van der Waals surface area contributed by atoms with Crippen molar-refractivity contribution < 1.29 is 4.39 Å². The van der Waals surface area contributed by atoms with Crippen LogP contribution in [-0.2, 0) is 0 Å². The van der Waals surface area contributed by atoms with Crippen LogP contribution in [0.2, 0.25) is 5.02 Å². The van der Waals surface area contributed by atoms with Crippen molar-refractivity contribution in [2.45, 2.75) is 12.3 Å². The molecule has 1 aliphatic heterocycles. The third kappa shape index (κ3) is 2.65. The van der Waals surface area contributed by atoms with Gasteiger partial charge in [0.15, 0.2) is 0 Å². The molecule has 1 aliphatic rings. The zero-order chi connectivity index (χ0) is 10.8. The number of hydrogen-bond acceptors (Lipinski definition) is 2. The lowest BCUT2D eigenvalue weighted by atomic mass is 10.1. The fourth-order valence-electron chi connectivity index (χ4n) is 1.60. The molecule has 4 heteroatoms. The van der Waals surface area contributed by atoms with E-state index in [1.54, 1.807) is 23.9 Å². The SMILES string of the molecule is CC1CNC(c2ccc(Cl)cc2F)SC1. The van der Waals surface area contributed by atoms with E-state index in [2.05, 4.69) is 12.2 Å². The summed E-state index contributed by atoms with van der Waals surface area (Å²) in [4.78, 5) is 0. The molecule has 0 bridgehead atoms. The van der Waals surface area contributed by atoms with Gasteiger partial charge < -0.3 is 5.32 Å². The van der Waals surface area contributed by atoms with Crippen LogP contribution in [0, 0.1) is 11.7 Å².